The van der Waals surface area contributed by atoms with Gasteiger partial charge in [0.25, 0.3) is 5.91 Å². The number of fused-ring (bicyclic) bond motifs is 1. The first-order valence-electron chi connectivity index (χ1n) is 6.19. The number of nitrogens with two attached hydrogens (primary N) is 1. The molecular formula is C13H14N2O6. The van der Waals surface area contributed by atoms with Crippen molar-refractivity contribution in [2.75, 3.05) is 6.79 Å². The van der Waals surface area contributed by atoms with Crippen molar-refractivity contribution in [3.8, 4) is 11.5 Å². The molecule has 8 heteroatoms. The van der Waals surface area contributed by atoms with Crippen molar-refractivity contribution < 1.29 is 29.0 Å². The Bertz CT molecular complexity index is 586. The van der Waals surface area contributed by atoms with Crippen molar-refractivity contribution >= 4 is 17.8 Å². The molecule has 1 heterocycles. The minimum Gasteiger partial charge on any atom is -0.480 e. The van der Waals surface area contributed by atoms with E-state index in [1.54, 1.807) is 6.07 Å². The van der Waals surface area contributed by atoms with E-state index in [1.165, 1.54) is 12.1 Å². The summed E-state index contributed by atoms with van der Waals surface area (Å²) in [7, 11) is 0. The third-order valence-corrected chi connectivity index (χ3v) is 2.92. The van der Waals surface area contributed by atoms with Gasteiger partial charge in [-0.1, -0.05) is 0 Å². The zero-order chi connectivity index (χ0) is 15.4. The molecule has 1 aliphatic heterocycles. The number of aliphatic carboxylic acids is 1. The molecule has 21 heavy (non-hydrogen) atoms. The lowest BCUT2D eigenvalue weighted by atomic mass is 10.1. The third-order valence-electron chi connectivity index (χ3n) is 2.92. The number of nitrogens with one attached hydrogen (secondary N) is 1. The zero-order valence-electron chi connectivity index (χ0n) is 11.0. The second-order valence-electron chi connectivity index (χ2n) is 4.44. The molecular weight excluding hydrogens is 280 g/mol. The summed E-state index contributed by atoms with van der Waals surface area (Å²) < 4.78 is 10.3. The number of hydrogen-bond acceptors (Lipinski definition) is 5. The van der Waals surface area contributed by atoms with Crippen LogP contribution >= 0.6 is 0 Å². The Morgan fingerprint density at radius 1 is 1.29 bits per heavy atom. The number of benzene rings is 1. The molecule has 0 bridgehead atoms. The minimum atomic E-state index is -1.23. The smallest absolute Gasteiger partial charge is 0.326 e. The largest absolute Gasteiger partial charge is 0.480 e. The molecule has 2 rings (SSSR count). The van der Waals surface area contributed by atoms with Crippen LogP contribution in [0.5, 0.6) is 11.5 Å². The van der Waals surface area contributed by atoms with Crippen LogP contribution in [0.4, 0.5) is 0 Å². The number of hydrogen-bond donors (Lipinski definition) is 3. The summed E-state index contributed by atoms with van der Waals surface area (Å²) in [6.07, 6.45) is -0.195. The van der Waals surface area contributed by atoms with Gasteiger partial charge >= 0.3 is 5.97 Å². The van der Waals surface area contributed by atoms with Crippen LogP contribution in [0.3, 0.4) is 0 Å². The van der Waals surface area contributed by atoms with E-state index in [9.17, 15) is 14.4 Å². The molecule has 0 saturated carbocycles. The van der Waals surface area contributed by atoms with Crippen LogP contribution in [0, 0.1) is 0 Å². The van der Waals surface area contributed by atoms with Crippen molar-refractivity contribution in [2.24, 2.45) is 5.73 Å². The topological polar surface area (TPSA) is 128 Å². The molecule has 2 amide bonds. The van der Waals surface area contributed by atoms with E-state index in [0.717, 1.165) is 0 Å². The maximum Gasteiger partial charge on any atom is 0.326 e. The maximum atomic E-state index is 12.0. The quantitative estimate of drug-likeness (QED) is 0.670. The standard InChI is InChI=1S/C13H14N2O6/c14-11(16)4-2-8(13(18)19)15-12(17)7-1-3-9-10(5-7)21-6-20-9/h1,3,5,8H,2,4,6H2,(H2,14,16)(H,15,17)(H,18,19). The number of primary amides is 1. The van der Waals surface area contributed by atoms with Gasteiger partial charge in [-0.2, -0.15) is 0 Å². The number of ether oxygens (including phenoxy) is 2. The van der Waals surface area contributed by atoms with Crippen molar-refractivity contribution in [3.63, 3.8) is 0 Å². The zero-order valence-corrected chi connectivity index (χ0v) is 11.0. The summed E-state index contributed by atoms with van der Waals surface area (Å²) in [5, 5.41) is 11.4. The second-order valence-corrected chi connectivity index (χ2v) is 4.44. The Morgan fingerprint density at radius 3 is 2.67 bits per heavy atom. The van der Waals surface area contributed by atoms with Gasteiger partial charge in [0.1, 0.15) is 6.04 Å². The van der Waals surface area contributed by atoms with Crippen molar-refractivity contribution in [2.45, 2.75) is 18.9 Å². The fourth-order valence-electron chi connectivity index (χ4n) is 1.82. The molecule has 8 nitrogen and oxygen atoms in total. The Balaban J connectivity index is 2.04. The van der Waals surface area contributed by atoms with Crippen LogP contribution in [0.15, 0.2) is 18.2 Å². The van der Waals surface area contributed by atoms with Gasteiger partial charge < -0.3 is 25.6 Å². The third kappa shape index (κ3) is 3.62. The number of carbonyl (C=O) groups excluding carboxylic acids is 2. The molecule has 0 aromatic heterocycles. The van der Waals surface area contributed by atoms with E-state index in [4.69, 9.17) is 20.3 Å². The van der Waals surface area contributed by atoms with Gasteiger partial charge in [-0.15, -0.1) is 0 Å². The number of carboxylic acid groups (broad SMARTS) is 1. The highest BCUT2D eigenvalue weighted by Gasteiger charge is 2.22. The molecule has 4 N–H and O–H groups in total. The Kier molecular flexibility index (Phi) is 4.27. The first kappa shape index (κ1) is 14.6. The van der Waals surface area contributed by atoms with Crippen molar-refractivity contribution in [1.82, 2.24) is 5.32 Å². The molecule has 0 aliphatic carbocycles. The predicted octanol–water partition coefficient (Wildman–Crippen LogP) is -0.136. The lowest BCUT2D eigenvalue weighted by molar-refractivity contribution is -0.139. The van der Waals surface area contributed by atoms with Crippen molar-refractivity contribution in [1.29, 1.82) is 0 Å². The first-order valence-corrected chi connectivity index (χ1v) is 6.19. The van der Waals surface area contributed by atoms with E-state index in [-0.39, 0.29) is 25.2 Å². The molecule has 1 atom stereocenters. The lowest BCUT2D eigenvalue weighted by Gasteiger charge is -2.13. The molecule has 1 aromatic carbocycles. The monoisotopic (exact) mass is 294 g/mol. The number of carbonyl (C=O) groups is 3. The van der Waals surface area contributed by atoms with E-state index in [2.05, 4.69) is 5.32 Å². The molecule has 1 aliphatic rings. The van der Waals surface area contributed by atoms with Gasteiger partial charge in [0.05, 0.1) is 0 Å². The summed E-state index contributed by atoms with van der Waals surface area (Å²) >= 11 is 0. The average molecular weight is 294 g/mol. The van der Waals surface area contributed by atoms with Crippen LogP contribution < -0.4 is 20.5 Å². The van der Waals surface area contributed by atoms with E-state index in [0.29, 0.717) is 11.5 Å². The number of carboxylic acids is 1. The molecule has 1 aromatic rings. The highest BCUT2D eigenvalue weighted by atomic mass is 16.7. The SMILES string of the molecule is NC(=O)CCC(NC(=O)c1ccc2c(c1)OCO2)C(=O)O. The fourth-order valence-corrected chi connectivity index (χ4v) is 1.82. The molecule has 0 spiro atoms. The van der Waals surface area contributed by atoms with Gasteiger partial charge in [-0.25, -0.2) is 4.79 Å². The minimum absolute atomic E-state index is 0.0685. The second kappa shape index (κ2) is 6.12. The Morgan fingerprint density at radius 2 is 2.00 bits per heavy atom. The molecule has 0 fully saturated rings. The van der Waals surface area contributed by atoms with Crippen molar-refractivity contribution in [3.05, 3.63) is 23.8 Å². The van der Waals surface area contributed by atoms with Gasteiger partial charge in [0.15, 0.2) is 11.5 Å². The van der Waals surface area contributed by atoms with E-state index < -0.39 is 23.8 Å². The van der Waals surface area contributed by atoms with Crippen LogP contribution in [0.2, 0.25) is 0 Å². The fraction of sp³-hybridized carbons (Fsp3) is 0.308. The van der Waals surface area contributed by atoms with E-state index in [1.807, 2.05) is 0 Å². The van der Waals surface area contributed by atoms with Gasteiger partial charge in [0, 0.05) is 12.0 Å². The van der Waals surface area contributed by atoms with Crippen LogP contribution in [0.25, 0.3) is 0 Å². The predicted molar refractivity (Wildman–Crippen MR) is 69.9 cm³/mol. The molecule has 0 saturated heterocycles. The van der Waals surface area contributed by atoms with Crippen LogP contribution in [-0.4, -0.2) is 35.7 Å². The maximum absolute atomic E-state index is 12.0. The highest BCUT2D eigenvalue weighted by molar-refractivity contribution is 5.97. The summed E-state index contributed by atoms with van der Waals surface area (Å²) in [5.74, 6) is -1.49. The molecule has 0 radical (unpaired) electrons. The number of rotatable bonds is 6. The highest BCUT2D eigenvalue weighted by Crippen LogP contribution is 2.32. The molecule has 1 unspecified atom stereocenters. The summed E-state index contributed by atoms with van der Waals surface area (Å²) in [6.45, 7) is 0.0801. The van der Waals surface area contributed by atoms with Gasteiger partial charge in [-0.3, -0.25) is 9.59 Å². The summed E-state index contributed by atoms with van der Waals surface area (Å²) in [5.41, 5.74) is 5.21. The summed E-state index contributed by atoms with van der Waals surface area (Å²) in [4.78, 5) is 33.8. The lowest BCUT2D eigenvalue weighted by Crippen LogP contribution is -2.41. The normalized spacial score (nSPS) is 13.5. The molecule has 112 valence electrons. The number of amides is 2. The Labute approximate surface area is 119 Å². The van der Waals surface area contributed by atoms with E-state index >= 15 is 0 Å². The van der Waals surface area contributed by atoms with Gasteiger partial charge in [0.2, 0.25) is 12.7 Å². The Hall–Kier alpha value is -2.77. The summed E-state index contributed by atoms with van der Waals surface area (Å²) in [6, 6.07) is 3.34. The van der Waals surface area contributed by atoms with Crippen LogP contribution in [0.1, 0.15) is 23.2 Å². The average Bonchev–Trinajstić information content (AvgIpc) is 2.89. The first-order chi connectivity index (χ1) is 9.97. The van der Waals surface area contributed by atoms with Gasteiger partial charge in [-0.05, 0) is 24.6 Å². The van der Waals surface area contributed by atoms with Crippen LogP contribution in [-0.2, 0) is 9.59 Å².